The summed E-state index contributed by atoms with van der Waals surface area (Å²) >= 11 is 0. The molecule has 1 aliphatic heterocycles. The molecule has 5 nitrogen and oxygen atoms in total. The van der Waals surface area contributed by atoms with Crippen LogP contribution >= 0.6 is 0 Å². The molecule has 5 heteroatoms. The van der Waals surface area contributed by atoms with Crippen molar-refractivity contribution >= 4 is 11.8 Å². The van der Waals surface area contributed by atoms with E-state index in [2.05, 4.69) is 0 Å². The Hall–Kier alpha value is -1.88. The van der Waals surface area contributed by atoms with E-state index in [1.807, 2.05) is 40.1 Å². The molecule has 1 atom stereocenters. The monoisotopic (exact) mass is 261 g/mol. The van der Waals surface area contributed by atoms with Crippen molar-refractivity contribution in [3.05, 3.63) is 35.9 Å². The third kappa shape index (κ3) is 3.32. The summed E-state index contributed by atoms with van der Waals surface area (Å²) < 4.78 is 0. The topological polar surface area (TPSA) is 66.6 Å². The molecule has 0 radical (unpaired) electrons. The zero-order chi connectivity index (χ0) is 13.8. The number of primary amides is 1. The van der Waals surface area contributed by atoms with Gasteiger partial charge in [0, 0.05) is 26.6 Å². The van der Waals surface area contributed by atoms with Crippen LogP contribution in [-0.4, -0.2) is 47.8 Å². The Morgan fingerprint density at radius 2 is 1.95 bits per heavy atom. The minimum absolute atomic E-state index is 0.0337. The second-order valence-electron chi connectivity index (χ2n) is 4.83. The number of amides is 2. The second kappa shape index (κ2) is 5.84. The zero-order valence-corrected chi connectivity index (χ0v) is 11.1. The molecule has 0 aromatic heterocycles. The molecule has 0 bridgehead atoms. The number of nitrogens with zero attached hydrogens (tertiary/aromatic N) is 2. The van der Waals surface area contributed by atoms with Gasteiger partial charge in [-0.15, -0.1) is 0 Å². The van der Waals surface area contributed by atoms with Crippen LogP contribution in [0.5, 0.6) is 0 Å². The largest absolute Gasteiger partial charge is 0.369 e. The molecule has 2 amide bonds. The lowest BCUT2D eigenvalue weighted by molar-refractivity contribution is -0.132. The van der Waals surface area contributed by atoms with Gasteiger partial charge in [-0.05, 0) is 5.56 Å². The molecule has 1 aliphatic rings. The van der Waals surface area contributed by atoms with Crippen LogP contribution in [0, 0.1) is 0 Å². The first kappa shape index (κ1) is 13.5. The molecule has 102 valence electrons. The van der Waals surface area contributed by atoms with E-state index in [1.165, 1.54) is 0 Å². The van der Waals surface area contributed by atoms with Gasteiger partial charge in [0.15, 0.2) is 0 Å². The van der Waals surface area contributed by atoms with Gasteiger partial charge in [0.25, 0.3) is 0 Å². The quantitative estimate of drug-likeness (QED) is 0.855. The SMILES string of the molecule is CC(=O)N1CCN(CC(N)=O)[C@@H](c2ccccc2)C1. The summed E-state index contributed by atoms with van der Waals surface area (Å²) in [5, 5.41) is 0. The van der Waals surface area contributed by atoms with Crippen LogP contribution in [0.1, 0.15) is 18.5 Å². The molecule has 2 rings (SSSR count). The highest BCUT2D eigenvalue weighted by atomic mass is 16.2. The maximum absolute atomic E-state index is 11.5. The third-order valence-electron chi connectivity index (χ3n) is 3.48. The molecule has 1 fully saturated rings. The average molecular weight is 261 g/mol. The number of nitrogens with two attached hydrogens (primary N) is 1. The summed E-state index contributed by atoms with van der Waals surface area (Å²) in [6.45, 7) is 3.72. The number of hydrogen-bond donors (Lipinski definition) is 1. The molecule has 1 saturated heterocycles. The molecule has 0 unspecified atom stereocenters. The van der Waals surface area contributed by atoms with Gasteiger partial charge in [-0.25, -0.2) is 0 Å². The summed E-state index contributed by atoms with van der Waals surface area (Å²) in [6, 6.07) is 9.94. The highest BCUT2D eigenvalue weighted by Crippen LogP contribution is 2.24. The van der Waals surface area contributed by atoms with Gasteiger partial charge in [0.05, 0.1) is 12.6 Å². The zero-order valence-electron chi connectivity index (χ0n) is 11.1. The number of hydrogen-bond acceptors (Lipinski definition) is 3. The Morgan fingerprint density at radius 3 is 2.53 bits per heavy atom. The average Bonchev–Trinajstić information content (AvgIpc) is 2.39. The van der Waals surface area contributed by atoms with Crippen LogP contribution in [0.15, 0.2) is 30.3 Å². The van der Waals surface area contributed by atoms with E-state index in [-0.39, 0.29) is 24.4 Å². The molecule has 2 N–H and O–H groups in total. The lowest BCUT2D eigenvalue weighted by Crippen LogP contribution is -2.51. The first-order chi connectivity index (χ1) is 9.08. The summed E-state index contributed by atoms with van der Waals surface area (Å²) in [5.41, 5.74) is 6.40. The fourth-order valence-corrected chi connectivity index (χ4v) is 2.49. The molecule has 19 heavy (non-hydrogen) atoms. The first-order valence-corrected chi connectivity index (χ1v) is 6.40. The number of piperazine rings is 1. The van der Waals surface area contributed by atoms with E-state index in [4.69, 9.17) is 5.73 Å². The molecule has 1 aromatic carbocycles. The van der Waals surface area contributed by atoms with E-state index < -0.39 is 0 Å². The van der Waals surface area contributed by atoms with Crippen molar-refractivity contribution in [3.63, 3.8) is 0 Å². The molecular weight excluding hydrogens is 242 g/mol. The van der Waals surface area contributed by atoms with Gasteiger partial charge in [-0.3, -0.25) is 14.5 Å². The van der Waals surface area contributed by atoms with E-state index in [1.54, 1.807) is 6.92 Å². The molecule has 1 aromatic rings. The minimum atomic E-state index is -0.336. The fourth-order valence-electron chi connectivity index (χ4n) is 2.49. The van der Waals surface area contributed by atoms with E-state index in [9.17, 15) is 9.59 Å². The van der Waals surface area contributed by atoms with Crippen LogP contribution < -0.4 is 5.73 Å². The van der Waals surface area contributed by atoms with Gasteiger partial charge in [0.1, 0.15) is 0 Å². The standard InChI is InChI=1S/C14H19N3O2/c1-11(18)16-7-8-17(10-14(15)19)13(9-16)12-5-3-2-4-6-12/h2-6,13H,7-10H2,1H3,(H2,15,19)/t13-/m1/s1. The highest BCUT2D eigenvalue weighted by molar-refractivity contribution is 5.76. The Kier molecular flexibility index (Phi) is 4.16. The first-order valence-electron chi connectivity index (χ1n) is 6.40. The van der Waals surface area contributed by atoms with Crippen molar-refractivity contribution in [2.75, 3.05) is 26.2 Å². The van der Waals surface area contributed by atoms with E-state index >= 15 is 0 Å². The van der Waals surface area contributed by atoms with Crippen LogP contribution in [0.25, 0.3) is 0 Å². The van der Waals surface area contributed by atoms with Gasteiger partial charge in [0.2, 0.25) is 11.8 Å². The van der Waals surface area contributed by atoms with E-state index in [0.29, 0.717) is 19.6 Å². The van der Waals surface area contributed by atoms with Gasteiger partial charge in [-0.2, -0.15) is 0 Å². The Balaban J connectivity index is 2.20. The van der Waals surface area contributed by atoms with Crippen LogP contribution in [0.4, 0.5) is 0 Å². The fraction of sp³-hybridized carbons (Fsp3) is 0.429. The van der Waals surface area contributed by atoms with Gasteiger partial charge < -0.3 is 10.6 Å². The smallest absolute Gasteiger partial charge is 0.231 e. The second-order valence-corrected chi connectivity index (χ2v) is 4.83. The number of carbonyl (C=O) groups is 2. The van der Waals surface area contributed by atoms with Crippen molar-refractivity contribution in [1.29, 1.82) is 0 Å². The Bertz CT molecular complexity index is 461. The summed E-state index contributed by atoms with van der Waals surface area (Å²) in [4.78, 5) is 26.5. The number of carbonyl (C=O) groups excluding carboxylic acids is 2. The van der Waals surface area contributed by atoms with Crippen LogP contribution in [-0.2, 0) is 9.59 Å². The van der Waals surface area contributed by atoms with Gasteiger partial charge >= 0.3 is 0 Å². The third-order valence-corrected chi connectivity index (χ3v) is 3.48. The lowest BCUT2D eigenvalue weighted by atomic mass is 10.0. The van der Waals surface area contributed by atoms with Crippen molar-refractivity contribution < 1.29 is 9.59 Å². The number of benzene rings is 1. The molecule has 0 spiro atoms. The predicted octanol–water partition coefficient (Wildman–Crippen LogP) is 0.377. The molecular formula is C14H19N3O2. The highest BCUT2D eigenvalue weighted by Gasteiger charge is 2.29. The maximum atomic E-state index is 11.5. The predicted molar refractivity (Wildman–Crippen MR) is 72.2 cm³/mol. The molecule has 0 saturated carbocycles. The number of rotatable bonds is 3. The van der Waals surface area contributed by atoms with Gasteiger partial charge in [-0.1, -0.05) is 30.3 Å². The van der Waals surface area contributed by atoms with Crippen molar-refractivity contribution in [2.45, 2.75) is 13.0 Å². The minimum Gasteiger partial charge on any atom is -0.369 e. The lowest BCUT2D eigenvalue weighted by Gasteiger charge is -2.40. The summed E-state index contributed by atoms with van der Waals surface area (Å²) in [7, 11) is 0. The van der Waals surface area contributed by atoms with Crippen LogP contribution in [0.2, 0.25) is 0 Å². The van der Waals surface area contributed by atoms with Crippen molar-refractivity contribution in [2.24, 2.45) is 5.73 Å². The Labute approximate surface area is 113 Å². The summed E-state index contributed by atoms with van der Waals surface area (Å²) in [5.74, 6) is -0.267. The van der Waals surface area contributed by atoms with Crippen molar-refractivity contribution in [1.82, 2.24) is 9.80 Å². The Morgan fingerprint density at radius 1 is 1.26 bits per heavy atom. The normalized spacial score (nSPS) is 20.3. The molecule has 0 aliphatic carbocycles. The van der Waals surface area contributed by atoms with E-state index in [0.717, 1.165) is 5.56 Å². The van der Waals surface area contributed by atoms with Crippen molar-refractivity contribution in [3.8, 4) is 0 Å². The molecule has 1 heterocycles. The van der Waals surface area contributed by atoms with Crippen LogP contribution in [0.3, 0.4) is 0 Å². The maximum Gasteiger partial charge on any atom is 0.231 e. The summed E-state index contributed by atoms with van der Waals surface area (Å²) in [6.07, 6.45) is 0.